The van der Waals surface area contributed by atoms with Crippen LogP contribution in [0.2, 0.25) is 0 Å². The maximum atomic E-state index is 3.67. The average molecular weight is 224 g/mol. The highest BCUT2D eigenvalue weighted by molar-refractivity contribution is 4.84. The molecule has 0 aromatic heterocycles. The maximum Gasteiger partial charge on any atom is 0.0107 e. The van der Waals surface area contributed by atoms with Crippen molar-refractivity contribution < 1.29 is 0 Å². The van der Waals surface area contributed by atoms with E-state index in [-0.39, 0.29) is 0 Å². The van der Waals surface area contributed by atoms with E-state index in [2.05, 4.69) is 31.0 Å². The minimum Gasteiger partial charge on any atom is -0.313 e. The molecule has 1 saturated carbocycles. The summed E-state index contributed by atoms with van der Waals surface area (Å²) in [6.07, 6.45) is 5.63. The molecule has 1 aliphatic carbocycles. The molecule has 2 rings (SSSR count). The van der Waals surface area contributed by atoms with E-state index in [9.17, 15) is 0 Å². The van der Waals surface area contributed by atoms with Crippen LogP contribution in [0.5, 0.6) is 0 Å². The van der Waals surface area contributed by atoms with Gasteiger partial charge in [0.25, 0.3) is 0 Å². The summed E-state index contributed by atoms with van der Waals surface area (Å²) >= 11 is 0. The Labute approximate surface area is 101 Å². The van der Waals surface area contributed by atoms with Crippen molar-refractivity contribution in [2.75, 3.05) is 26.2 Å². The summed E-state index contributed by atoms with van der Waals surface area (Å²) in [7, 11) is 0. The molecule has 1 heterocycles. The number of piperidine rings is 1. The number of hydrogen-bond donors (Lipinski definition) is 1. The third kappa shape index (κ3) is 3.74. The lowest BCUT2D eigenvalue weighted by Gasteiger charge is -2.37. The number of nitrogens with one attached hydrogen (secondary N) is 1. The molecule has 16 heavy (non-hydrogen) atoms. The smallest absolute Gasteiger partial charge is 0.0107 e. The van der Waals surface area contributed by atoms with E-state index in [1.807, 2.05) is 0 Å². The summed E-state index contributed by atoms with van der Waals surface area (Å²) in [5, 5.41) is 3.67. The lowest BCUT2D eigenvalue weighted by molar-refractivity contribution is 0.132. The van der Waals surface area contributed by atoms with E-state index in [0.717, 1.165) is 12.0 Å². The third-order valence-electron chi connectivity index (χ3n) is 4.43. The summed E-state index contributed by atoms with van der Waals surface area (Å²) < 4.78 is 0. The van der Waals surface area contributed by atoms with Crippen LogP contribution in [0.15, 0.2) is 0 Å². The topological polar surface area (TPSA) is 15.3 Å². The van der Waals surface area contributed by atoms with Crippen molar-refractivity contribution in [3.05, 3.63) is 0 Å². The summed E-state index contributed by atoms with van der Waals surface area (Å²) in [6, 6.07) is 0.751. The second-order valence-corrected chi connectivity index (χ2v) is 6.59. The molecule has 0 aromatic rings. The Balaban J connectivity index is 1.56. The van der Waals surface area contributed by atoms with E-state index in [4.69, 9.17) is 0 Å². The van der Waals surface area contributed by atoms with Gasteiger partial charge in [-0.25, -0.2) is 0 Å². The van der Waals surface area contributed by atoms with Gasteiger partial charge in [-0.05, 0) is 57.0 Å². The predicted molar refractivity (Wildman–Crippen MR) is 69.6 cm³/mol. The van der Waals surface area contributed by atoms with Gasteiger partial charge in [-0.15, -0.1) is 0 Å². The Morgan fingerprint density at radius 1 is 1.25 bits per heavy atom. The van der Waals surface area contributed by atoms with Crippen LogP contribution in [0, 0.1) is 11.3 Å². The van der Waals surface area contributed by atoms with Gasteiger partial charge in [-0.2, -0.15) is 0 Å². The van der Waals surface area contributed by atoms with Crippen LogP contribution >= 0.6 is 0 Å². The van der Waals surface area contributed by atoms with Gasteiger partial charge in [0.1, 0.15) is 0 Å². The Hall–Kier alpha value is -0.0800. The van der Waals surface area contributed by atoms with E-state index in [1.165, 1.54) is 51.9 Å². The summed E-state index contributed by atoms with van der Waals surface area (Å²) in [6.45, 7) is 12.2. The lowest BCUT2D eigenvalue weighted by Crippen LogP contribution is -2.42. The maximum absolute atomic E-state index is 3.67. The largest absolute Gasteiger partial charge is 0.313 e. The quantitative estimate of drug-likeness (QED) is 0.772. The molecule has 0 spiro atoms. The lowest BCUT2D eigenvalue weighted by atomic mass is 9.83. The Morgan fingerprint density at radius 3 is 2.44 bits per heavy atom. The van der Waals surface area contributed by atoms with Gasteiger partial charge in [0.05, 0.1) is 0 Å². The van der Waals surface area contributed by atoms with Gasteiger partial charge in [0.2, 0.25) is 0 Å². The summed E-state index contributed by atoms with van der Waals surface area (Å²) in [5.74, 6) is 0.986. The molecule has 1 unspecified atom stereocenters. The molecule has 0 bridgehead atoms. The minimum atomic E-state index is 0.589. The SMILES string of the molecule is CC(NCCN1CCC(C)(C)CC1)C1CC1. The van der Waals surface area contributed by atoms with Gasteiger partial charge in [0.15, 0.2) is 0 Å². The molecule has 1 saturated heterocycles. The minimum absolute atomic E-state index is 0.589. The van der Waals surface area contributed by atoms with Crippen molar-refractivity contribution in [3.8, 4) is 0 Å². The molecule has 1 N–H and O–H groups in total. The van der Waals surface area contributed by atoms with Crippen molar-refractivity contribution in [2.24, 2.45) is 11.3 Å². The van der Waals surface area contributed by atoms with Crippen molar-refractivity contribution in [1.82, 2.24) is 10.2 Å². The number of likely N-dealkylation sites (tertiary alicyclic amines) is 1. The van der Waals surface area contributed by atoms with Crippen LogP contribution < -0.4 is 5.32 Å². The highest BCUT2D eigenvalue weighted by Crippen LogP contribution is 2.32. The fourth-order valence-electron chi connectivity index (χ4n) is 2.60. The predicted octanol–water partition coefficient (Wildman–Crippen LogP) is 2.50. The molecule has 94 valence electrons. The van der Waals surface area contributed by atoms with Gasteiger partial charge in [0, 0.05) is 19.1 Å². The monoisotopic (exact) mass is 224 g/mol. The van der Waals surface area contributed by atoms with E-state index >= 15 is 0 Å². The molecule has 1 atom stereocenters. The summed E-state index contributed by atoms with van der Waals surface area (Å²) in [4.78, 5) is 2.62. The highest BCUT2D eigenvalue weighted by atomic mass is 15.1. The van der Waals surface area contributed by atoms with Gasteiger partial charge >= 0.3 is 0 Å². The third-order valence-corrected chi connectivity index (χ3v) is 4.43. The van der Waals surface area contributed by atoms with E-state index in [0.29, 0.717) is 5.41 Å². The Morgan fingerprint density at radius 2 is 1.88 bits per heavy atom. The van der Waals surface area contributed by atoms with Crippen LogP contribution in [-0.4, -0.2) is 37.1 Å². The number of hydrogen-bond acceptors (Lipinski definition) is 2. The first-order valence-electron chi connectivity index (χ1n) is 7.03. The average Bonchev–Trinajstić information content (AvgIpc) is 3.04. The second-order valence-electron chi connectivity index (χ2n) is 6.59. The standard InChI is InChI=1S/C14H28N2/c1-12(13-4-5-13)15-8-11-16-9-6-14(2,3)7-10-16/h12-13,15H,4-11H2,1-3H3. The van der Waals surface area contributed by atoms with Crippen molar-refractivity contribution in [1.29, 1.82) is 0 Å². The molecule has 0 radical (unpaired) electrons. The zero-order valence-corrected chi connectivity index (χ0v) is 11.3. The van der Waals surface area contributed by atoms with Gasteiger partial charge in [-0.1, -0.05) is 13.8 Å². The molecule has 2 nitrogen and oxygen atoms in total. The molecule has 0 amide bonds. The highest BCUT2D eigenvalue weighted by Gasteiger charge is 2.28. The second kappa shape index (κ2) is 5.05. The zero-order chi connectivity index (χ0) is 11.6. The van der Waals surface area contributed by atoms with Crippen molar-refractivity contribution >= 4 is 0 Å². The van der Waals surface area contributed by atoms with E-state index in [1.54, 1.807) is 0 Å². The van der Waals surface area contributed by atoms with E-state index < -0.39 is 0 Å². The zero-order valence-electron chi connectivity index (χ0n) is 11.3. The Bertz CT molecular complexity index is 211. The molecule has 1 aliphatic heterocycles. The van der Waals surface area contributed by atoms with Crippen molar-refractivity contribution in [3.63, 3.8) is 0 Å². The summed E-state index contributed by atoms with van der Waals surface area (Å²) in [5.41, 5.74) is 0.589. The Kier molecular flexibility index (Phi) is 3.91. The van der Waals surface area contributed by atoms with Crippen LogP contribution in [0.25, 0.3) is 0 Å². The molecular formula is C14H28N2. The first kappa shape index (κ1) is 12.4. The van der Waals surface area contributed by atoms with Gasteiger partial charge in [-0.3, -0.25) is 0 Å². The molecule has 0 aromatic carbocycles. The fraction of sp³-hybridized carbons (Fsp3) is 1.00. The molecule has 2 fully saturated rings. The van der Waals surface area contributed by atoms with Gasteiger partial charge < -0.3 is 10.2 Å². The normalized spacial score (nSPS) is 27.9. The van der Waals surface area contributed by atoms with Crippen molar-refractivity contribution in [2.45, 2.75) is 52.5 Å². The van der Waals surface area contributed by atoms with Crippen LogP contribution in [0.3, 0.4) is 0 Å². The number of nitrogens with zero attached hydrogens (tertiary/aromatic N) is 1. The van der Waals surface area contributed by atoms with Crippen LogP contribution in [0.4, 0.5) is 0 Å². The number of rotatable bonds is 5. The van der Waals surface area contributed by atoms with Crippen LogP contribution in [0.1, 0.15) is 46.5 Å². The first-order valence-corrected chi connectivity index (χ1v) is 7.03. The molecular weight excluding hydrogens is 196 g/mol. The first-order chi connectivity index (χ1) is 7.57. The fourth-order valence-corrected chi connectivity index (χ4v) is 2.60. The van der Waals surface area contributed by atoms with Crippen LogP contribution in [-0.2, 0) is 0 Å². The molecule has 2 aliphatic rings. The molecule has 2 heteroatoms.